The third-order valence-corrected chi connectivity index (χ3v) is 3.32. The molecule has 0 aliphatic heterocycles. The van der Waals surface area contributed by atoms with Gasteiger partial charge in [0.15, 0.2) is 6.10 Å². The van der Waals surface area contributed by atoms with Gasteiger partial charge in [0.05, 0.1) is 6.20 Å². The number of esters is 1. The monoisotopic (exact) mass is 319 g/mol. The van der Waals surface area contributed by atoms with Gasteiger partial charge >= 0.3 is 5.97 Å². The van der Waals surface area contributed by atoms with E-state index in [0.29, 0.717) is 22.9 Å². The maximum atomic E-state index is 12.2. The van der Waals surface area contributed by atoms with Gasteiger partial charge in [-0.15, -0.1) is 0 Å². The Bertz CT molecular complexity index is 715. The van der Waals surface area contributed by atoms with Crippen molar-refractivity contribution in [3.8, 4) is 0 Å². The Morgan fingerprint density at radius 1 is 1.30 bits per heavy atom. The van der Waals surface area contributed by atoms with E-state index in [0.717, 1.165) is 0 Å². The number of amides is 1. The molecule has 0 fully saturated rings. The average Bonchev–Trinajstić information content (AvgIpc) is 3.04. The molecular formula is C16H21N3O4. The lowest BCUT2D eigenvalue weighted by Crippen LogP contribution is -2.31. The van der Waals surface area contributed by atoms with Crippen LogP contribution in [0.25, 0.3) is 0 Å². The van der Waals surface area contributed by atoms with E-state index in [-0.39, 0.29) is 6.04 Å². The topological polar surface area (TPSA) is 86.4 Å². The Labute approximate surface area is 134 Å². The van der Waals surface area contributed by atoms with Gasteiger partial charge < -0.3 is 14.5 Å². The second-order valence-corrected chi connectivity index (χ2v) is 5.62. The lowest BCUT2D eigenvalue weighted by atomic mass is 10.2. The van der Waals surface area contributed by atoms with Crippen molar-refractivity contribution in [3.05, 3.63) is 35.4 Å². The second kappa shape index (κ2) is 6.68. The maximum Gasteiger partial charge on any atom is 0.342 e. The van der Waals surface area contributed by atoms with Crippen LogP contribution in [0.15, 0.2) is 22.7 Å². The number of aromatic nitrogens is 2. The van der Waals surface area contributed by atoms with Gasteiger partial charge in [-0.3, -0.25) is 4.79 Å². The Hall–Kier alpha value is -2.57. The van der Waals surface area contributed by atoms with Gasteiger partial charge in [0, 0.05) is 12.1 Å². The summed E-state index contributed by atoms with van der Waals surface area (Å²) >= 11 is 0. The number of hydrogen-bond acceptors (Lipinski definition) is 5. The zero-order chi connectivity index (χ0) is 17.1. The highest BCUT2D eigenvalue weighted by molar-refractivity contribution is 5.97. The summed E-state index contributed by atoms with van der Waals surface area (Å²) in [4.78, 5) is 24.3. The zero-order valence-electron chi connectivity index (χ0n) is 13.9. The van der Waals surface area contributed by atoms with Crippen molar-refractivity contribution in [2.24, 2.45) is 0 Å². The van der Waals surface area contributed by atoms with Crippen molar-refractivity contribution in [1.82, 2.24) is 9.78 Å². The number of carbonyl (C=O) groups is 2. The molecule has 2 aromatic heterocycles. The third-order valence-electron chi connectivity index (χ3n) is 3.32. The highest BCUT2D eigenvalue weighted by atomic mass is 16.5. The molecule has 0 spiro atoms. The lowest BCUT2D eigenvalue weighted by Gasteiger charge is -2.15. The molecule has 0 aromatic carbocycles. The number of rotatable bonds is 5. The molecule has 124 valence electrons. The van der Waals surface area contributed by atoms with Crippen LogP contribution >= 0.6 is 0 Å². The van der Waals surface area contributed by atoms with Gasteiger partial charge in [0.1, 0.15) is 22.9 Å². The van der Waals surface area contributed by atoms with Crippen molar-refractivity contribution in [2.75, 3.05) is 5.32 Å². The summed E-state index contributed by atoms with van der Waals surface area (Å²) in [6, 6.07) is 3.39. The van der Waals surface area contributed by atoms with Crippen molar-refractivity contribution in [3.63, 3.8) is 0 Å². The molecule has 0 saturated heterocycles. The number of anilines is 1. The number of hydrogen-bond donors (Lipinski definition) is 1. The molecule has 1 N–H and O–H groups in total. The minimum absolute atomic E-state index is 0.106. The first-order chi connectivity index (χ1) is 10.8. The molecule has 0 aliphatic rings. The summed E-state index contributed by atoms with van der Waals surface area (Å²) in [6.45, 7) is 8.85. The van der Waals surface area contributed by atoms with Crippen LogP contribution in [0.2, 0.25) is 0 Å². The molecule has 7 heteroatoms. The molecule has 2 aromatic rings. The van der Waals surface area contributed by atoms with E-state index in [1.165, 1.54) is 6.92 Å². The van der Waals surface area contributed by atoms with Crippen molar-refractivity contribution < 1.29 is 18.7 Å². The van der Waals surface area contributed by atoms with Crippen LogP contribution in [0.5, 0.6) is 0 Å². The Morgan fingerprint density at radius 2 is 2.00 bits per heavy atom. The Balaban J connectivity index is 2.01. The van der Waals surface area contributed by atoms with Crippen LogP contribution in [-0.2, 0) is 9.53 Å². The van der Waals surface area contributed by atoms with Crippen LogP contribution in [0.3, 0.4) is 0 Å². The Kier molecular flexibility index (Phi) is 4.88. The fourth-order valence-corrected chi connectivity index (χ4v) is 2.16. The van der Waals surface area contributed by atoms with E-state index in [1.54, 1.807) is 36.9 Å². The van der Waals surface area contributed by atoms with Gasteiger partial charge in [0.25, 0.3) is 5.91 Å². The number of furan rings is 1. The van der Waals surface area contributed by atoms with Crippen LogP contribution in [0.1, 0.15) is 48.7 Å². The van der Waals surface area contributed by atoms with E-state index >= 15 is 0 Å². The van der Waals surface area contributed by atoms with E-state index in [1.807, 2.05) is 13.8 Å². The van der Waals surface area contributed by atoms with Crippen LogP contribution < -0.4 is 5.32 Å². The molecule has 0 bridgehead atoms. The molecule has 2 heterocycles. The van der Waals surface area contributed by atoms with Gasteiger partial charge in [-0.2, -0.15) is 5.10 Å². The fourth-order valence-electron chi connectivity index (χ4n) is 2.16. The van der Waals surface area contributed by atoms with E-state index < -0.39 is 18.0 Å². The number of nitrogens with zero attached hydrogens (tertiary/aromatic N) is 2. The predicted molar refractivity (Wildman–Crippen MR) is 84.3 cm³/mol. The van der Waals surface area contributed by atoms with Crippen molar-refractivity contribution in [2.45, 2.75) is 46.8 Å². The molecule has 1 unspecified atom stereocenters. The molecule has 23 heavy (non-hydrogen) atoms. The van der Waals surface area contributed by atoms with E-state index in [2.05, 4.69) is 10.4 Å². The molecule has 2 rings (SSSR count). The minimum atomic E-state index is -0.937. The van der Waals surface area contributed by atoms with E-state index in [9.17, 15) is 9.59 Å². The normalized spacial score (nSPS) is 12.3. The molecule has 7 nitrogen and oxygen atoms in total. The number of nitrogens with one attached hydrogen (secondary N) is 1. The fraction of sp³-hybridized carbons (Fsp3) is 0.438. The molecule has 1 amide bonds. The minimum Gasteiger partial charge on any atom is -0.466 e. The molecule has 0 radical (unpaired) electrons. The number of aryl methyl sites for hydroxylation is 2. The van der Waals surface area contributed by atoms with Gasteiger partial charge in [-0.25, -0.2) is 9.48 Å². The Morgan fingerprint density at radius 3 is 2.57 bits per heavy atom. The first-order valence-corrected chi connectivity index (χ1v) is 7.42. The lowest BCUT2D eigenvalue weighted by molar-refractivity contribution is -0.123. The predicted octanol–water partition coefficient (Wildman–Crippen LogP) is 2.86. The zero-order valence-corrected chi connectivity index (χ0v) is 13.9. The molecule has 0 aliphatic carbocycles. The molecule has 0 saturated carbocycles. The van der Waals surface area contributed by atoms with Crippen molar-refractivity contribution >= 4 is 17.7 Å². The van der Waals surface area contributed by atoms with Crippen LogP contribution in [0, 0.1) is 13.8 Å². The van der Waals surface area contributed by atoms with E-state index in [4.69, 9.17) is 9.15 Å². The first kappa shape index (κ1) is 16.8. The highest BCUT2D eigenvalue weighted by Gasteiger charge is 2.23. The maximum absolute atomic E-state index is 12.2. The van der Waals surface area contributed by atoms with Gasteiger partial charge in [-0.05, 0) is 40.7 Å². The standard InChI is InChI=1S/C16H21N3O4/c1-9(2)19-14(6-7-17-19)18-15(20)12(5)23-16(21)13-8-10(3)22-11(13)4/h6-9,12H,1-5H3,(H,18,20). The first-order valence-electron chi connectivity index (χ1n) is 7.42. The second-order valence-electron chi connectivity index (χ2n) is 5.62. The summed E-state index contributed by atoms with van der Waals surface area (Å²) in [5.74, 6) is 0.645. The van der Waals surface area contributed by atoms with Gasteiger partial charge in [0.2, 0.25) is 0 Å². The number of carbonyl (C=O) groups excluding carboxylic acids is 2. The quantitative estimate of drug-likeness (QED) is 0.856. The van der Waals surface area contributed by atoms with Crippen LogP contribution in [0.4, 0.5) is 5.82 Å². The summed E-state index contributed by atoms with van der Waals surface area (Å²) in [6.07, 6.45) is 0.664. The highest BCUT2D eigenvalue weighted by Crippen LogP contribution is 2.17. The van der Waals surface area contributed by atoms with Crippen molar-refractivity contribution in [1.29, 1.82) is 0 Å². The molecule has 1 atom stereocenters. The number of ether oxygens (including phenoxy) is 1. The summed E-state index contributed by atoms with van der Waals surface area (Å²) in [5.41, 5.74) is 0.328. The third kappa shape index (κ3) is 3.80. The van der Waals surface area contributed by atoms with Crippen LogP contribution in [-0.4, -0.2) is 27.8 Å². The molecular weight excluding hydrogens is 298 g/mol. The smallest absolute Gasteiger partial charge is 0.342 e. The largest absolute Gasteiger partial charge is 0.466 e. The average molecular weight is 319 g/mol. The summed E-state index contributed by atoms with van der Waals surface area (Å²) in [5, 5.41) is 6.84. The van der Waals surface area contributed by atoms with Gasteiger partial charge in [-0.1, -0.05) is 0 Å². The summed E-state index contributed by atoms with van der Waals surface area (Å²) in [7, 11) is 0. The summed E-state index contributed by atoms with van der Waals surface area (Å²) < 4.78 is 12.2. The SMILES string of the molecule is Cc1cc(C(=O)OC(C)C(=O)Nc2ccnn2C(C)C)c(C)o1.